The van der Waals surface area contributed by atoms with Gasteiger partial charge in [-0.05, 0) is 34.2 Å². The van der Waals surface area contributed by atoms with E-state index in [1.807, 2.05) is 0 Å². The molecule has 0 aromatic carbocycles. The molecule has 1 amide bonds. The van der Waals surface area contributed by atoms with Crippen LogP contribution in [-0.4, -0.2) is 50.4 Å². The highest BCUT2D eigenvalue weighted by Crippen LogP contribution is 2.19. The maximum Gasteiger partial charge on any atom is 0.410 e. The third-order valence-corrected chi connectivity index (χ3v) is 4.35. The van der Waals surface area contributed by atoms with E-state index < -0.39 is 27.0 Å². The molecule has 17 heavy (non-hydrogen) atoms. The van der Waals surface area contributed by atoms with Gasteiger partial charge >= 0.3 is 6.09 Å². The van der Waals surface area contributed by atoms with Crippen LogP contribution in [0.1, 0.15) is 27.2 Å². The second kappa shape index (κ2) is 4.81. The molecule has 1 unspecified atom stereocenters. The van der Waals surface area contributed by atoms with Gasteiger partial charge in [-0.25, -0.2) is 17.9 Å². The Hall–Kier alpha value is -0.820. The van der Waals surface area contributed by atoms with Crippen LogP contribution in [0.3, 0.4) is 0 Å². The summed E-state index contributed by atoms with van der Waals surface area (Å²) in [7, 11) is -1.93. The summed E-state index contributed by atoms with van der Waals surface area (Å²) in [5.74, 6) is 0. The van der Waals surface area contributed by atoms with Crippen LogP contribution in [0.5, 0.6) is 0 Å². The molecule has 7 heteroatoms. The third kappa shape index (κ3) is 3.85. The zero-order valence-corrected chi connectivity index (χ0v) is 11.5. The molecule has 100 valence electrons. The number of rotatable bonds is 2. The summed E-state index contributed by atoms with van der Waals surface area (Å²) in [6.07, 6.45) is -0.00566. The van der Waals surface area contributed by atoms with Gasteiger partial charge in [0.05, 0.1) is 5.25 Å². The topological polar surface area (TPSA) is 75.7 Å². The predicted octanol–water partition coefficient (Wildman–Crippen LogP) is 0.545. The monoisotopic (exact) mass is 264 g/mol. The Bertz CT molecular complexity index is 386. The number of nitrogens with one attached hydrogen (secondary N) is 1. The summed E-state index contributed by atoms with van der Waals surface area (Å²) in [5, 5.41) is -0.542. The van der Waals surface area contributed by atoms with Crippen LogP contribution >= 0.6 is 0 Å². The SMILES string of the molecule is CNS(=O)(=O)C1CCN(C(=O)OC(C)(C)C)C1. The summed E-state index contributed by atoms with van der Waals surface area (Å²) in [6, 6.07) is 0. The first kappa shape index (κ1) is 14.2. The molecule has 1 atom stereocenters. The van der Waals surface area contributed by atoms with Gasteiger partial charge in [-0.3, -0.25) is 0 Å². The summed E-state index contributed by atoms with van der Waals surface area (Å²) in [5.41, 5.74) is -0.558. The minimum Gasteiger partial charge on any atom is -0.444 e. The maximum absolute atomic E-state index is 11.7. The zero-order chi connectivity index (χ0) is 13.3. The lowest BCUT2D eigenvalue weighted by Crippen LogP contribution is -2.38. The number of amides is 1. The van der Waals surface area contributed by atoms with Crippen molar-refractivity contribution < 1.29 is 17.9 Å². The Morgan fingerprint density at radius 2 is 2.00 bits per heavy atom. The number of hydrogen-bond donors (Lipinski definition) is 1. The van der Waals surface area contributed by atoms with Gasteiger partial charge in [-0.1, -0.05) is 0 Å². The molecule has 1 aliphatic rings. The van der Waals surface area contributed by atoms with Crippen molar-refractivity contribution in [2.45, 2.75) is 38.0 Å². The highest BCUT2D eigenvalue weighted by molar-refractivity contribution is 7.90. The Morgan fingerprint density at radius 1 is 1.41 bits per heavy atom. The molecule has 0 aliphatic carbocycles. The van der Waals surface area contributed by atoms with Crippen molar-refractivity contribution in [1.82, 2.24) is 9.62 Å². The number of carbonyl (C=O) groups excluding carboxylic acids is 1. The van der Waals surface area contributed by atoms with E-state index in [-0.39, 0.29) is 6.54 Å². The number of ether oxygens (including phenoxy) is 1. The fourth-order valence-electron chi connectivity index (χ4n) is 1.64. The van der Waals surface area contributed by atoms with E-state index in [4.69, 9.17) is 4.74 Å². The van der Waals surface area contributed by atoms with E-state index in [0.717, 1.165) is 0 Å². The fourth-order valence-corrected chi connectivity index (χ4v) is 2.77. The van der Waals surface area contributed by atoms with Crippen molar-refractivity contribution >= 4 is 16.1 Å². The summed E-state index contributed by atoms with van der Waals surface area (Å²) < 4.78 is 30.6. The van der Waals surface area contributed by atoms with Crippen LogP contribution in [0.15, 0.2) is 0 Å². The summed E-state index contributed by atoms with van der Waals surface area (Å²) in [4.78, 5) is 13.1. The first-order valence-electron chi connectivity index (χ1n) is 5.56. The summed E-state index contributed by atoms with van der Waals surface area (Å²) in [6.45, 7) is 5.95. The number of nitrogens with zero attached hydrogens (tertiary/aromatic N) is 1. The molecular formula is C10H20N2O4S. The van der Waals surface area contributed by atoms with E-state index in [2.05, 4.69) is 4.72 Å². The molecule has 0 aromatic heterocycles. The van der Waals surface area contributed by atoms with E-state index in [1.54, 1.807) is 20.8 Å². The molecule has 1 saturated heterocycles. The van der Waals surface area contributed by atoms with Gasteiger partial charge in [-0.15, -0.1) is 0 Å². The zero-order valence-electron chi connectivity index (χ0n) is 10.7. The molecule has 1 fully saturated rings. The molecular weight excluding hydrogens is 244 g/mol. The molecule has 1 rings (SSSR count). The Morgan fingerprint density at radius 3 is 2.47 bits per heavy atom. The lowest BCUT2D eigenvalue weighted by atomic mass is 10.2. The first-order valence-corrected chi connectivity index (χ1v) is 7.10. The van der Waals surface area contributed by atoms with Gasteiger partial charge in [0, 0.05) is 13.1 Å². The minimum absolute atomic E-state index is 0.193. The van der Waals surface area contributed by atoms with Crippen LogP contribution in [-0.2, 0) is 14.8 Å². The highest BCUT2D eigenvalue weighted by Gasteiger charge is 2.36. The molecule has 1 aliphatic heterocycles. The van der Waals surface area contributed by atoms with Gasteiger partial charge in [0.25, 0.3) is 0 Å². The minimum atomic E-state index is -3.31. The second-order valence-electron chi connectivity index (χ2n) is 5.09. The van der Waals surface area contributed by atoms with Crippen LogP contribution in [0.4, 0.5) is 4.79 Å². The van der Waals surface area contributed by atoms with E-state index >= 15 is 0 Å². The molecule has 0 bridgehead atoms. The molecule has 6 nitrogen and oxygen atoms in total. The van der Waals surface area contributed by atoms with Crippen molar-refractivity contribution in [2.24, 2.45) is 0 Å². The summed E-state index contributed by atoms with van der Waals surface area (Å²) >= 11 is 0. The Labute approximate surface area is 102 Å². The van der Waals surface area contributed by atoms with Crippen molar-refractivity contribution in [3.63, 3.8) is 0 Å². The maximum atomic E-state index is 11.7. The van der Waals surface area contributed by atoms with Crippen LogP contribution in [0.25, 0.3) is 0 Å². The fraction of sp³-hybridized carbons (Fsp3) is 0.900. The molecule has 1 N–H and O–H groups in total. The van der Waals surface area contributed by atoms with E-state index in [0.29, 0.717) is 13.0 Å². The van der Waals surface area contributed by atoms with Crippen molar-refractivity contribution in [3.05, 3.63) is 0 Å². The van der Waals surface area contributed by atoms with Crippen molar-refractivity contribution in [2.75, 3.05) is 20.1 Å². The highest BCUT2D eigenvalue weighted by atomic mass is 32.2. The lowest BCUT2D eigenvalue weighted by molar-refractivity contribution is 0.0295. The van der Waals surface area contributed by atoms with Gasteiger partial charge in [0.1, 0.15) is 5.60 Å². The standard InChI is InChI=1S/C10H20N2O4S/c1-10(2,3)16-9(13)12-6-5-8(7-12)17(14,15)11-4/h8,11H,5-7H2,1-4H3. The second-order valence-corrected chi connectivity index (χ2v) is 7.25. The van der Waals surface area contributed by atoms with Gasteiger partial charge in [-0.2, -0.15) is 0 Å². The predicted molar refractivity (Wildman–Crippen MR) is 64.2 cm³/mol. The number of carbonyl (C=O) groups is 1. The Balaban J connectivity index is 2.60. The average Bonchev–Trinajstić information content (AvgIpc) is 2.64. The van der Waals surface area contributed by atoms with Gasteiger partial charge in [0.15, 0.2) is 0 Å². The van der Waals surface area contributed by atoms with E-state index in [9.17, 15) is 13.2 Å². The first-order chi connectivity index (χ1) is 7.65. The van der Waals surface area contributed by atoms with Crippen LogP contribution in [0, 0.1) is 0 Å². The Kier molecular flexibility index (Phi) is 4.03. The number of sulfonamides is 1. The molecule has 0 radical (unpaired) electrons. The van der Waals surface area contributed by atoms with Gasteiger partial charge < -0.3 is 9.64 Å². The van der Waals surface area contributed by atoms with Crippen LogP contribution in [0.2, 0.25) is 0 Å². The molecule has 0 saturated carbocycles. The smallest absolute Gasteiger partial charge is 0.410 e. The third-order valence-electron chi connectivity index (χ3n) is 2.52. The van der Waals surface area contributed by atoms with Crippen molar-refractivity contribution in [1.29, 1.82) is 0 Å². The molecule has 1 heterocycles. The molecule has 0 aromatic rings. The average molecular weight is 264 g/mol. The largest absolute Gasteiger partial charge is 0.444 e. The number of hydrogen-bond acceptors (Lipinski definition) is 4. The van der Waals surface area contributed by atoms with Crippen LogP contribution < -0.4 is 4.72 Å². The van der Waals surface area contributed by atoms with E-state index in [1.165, 1.54) is 11.9 Å². The quantitative estimate of drug-likeness (QED) is 0.790. The lowest BCUT2D eigenvalue weighted by Gasteiger charge is -2.24. The number of likely N-dealkylation sites (tertiary alicyclic amines) is 1. The van der Waals surface area contributed by atoms with Crippen molar-refractivity contribution in [3.8, 4) is 0 Å². The normalized spacial score (nSPS) is 21.6. The van der Waals surface area contributed by atoms with Gasteiger partial charge in [0.2, 0.25) is 10.0 Å². The molecule has 0 spiro atoms.